The molecule has 0 aromatic rings. The Kier molecular flexibility index (Phi) is 5.81. The highest BCUT2D eigenvalue weighted by Gasteiger charge is 2.45. The molecule has 1 saturated carbocycles. The third kappa shape index (κ3) is 5.11. The second-order valence-electron chi connectivity index (χ2n) is 6.86. The van der Waals surface area contributed by atoms with Crippen LogP contribution >= 0.6 is 0 Å². The number of hydrogen-bond acceptors (Lipinski definition) is 3. The summed E-state index contributed by atoms with van der Waals surface area (Å²) < 4.78 is 5.86. The maximum atomic E-state index is 11.5. The molecule has 1 fully saturated rings. The first-order valence-corrected chi connectivity index (χ1v) is 7.39. The average Bonchev–Trinajstić information content (AvgIpc) is 2.70. The van der Waals surface area contributed by atoms with E-state index in [0.717, 1.165) is 32.4 Å². The summed E-state index contributed by atoms with van der Waals surface area (Å²) in [4.78, 5) is 11.5. The van der Waals surface area contributed by atoms with Crippen LogP contribution in [-0.4, -0.2) is 35.9 Å². The molecule has 0 saturated heterocycles. The Morgan fingerprint density at radius 1 is 1.47 bits per heavy atom. The van der Waals surface area contributed by atoms with Gasteiger partial charge in [0.2, 0.25) is 0 Å². The van der Waals surface area contributed by atoms with Crippen molar-refractivity contribution in [3.8, 4) is 0 Å². The molecule has 2 unspecified atom stereocenters. The van der Waals surface area contributed by atoms with E-state index in [0.29, 0.717) is 12.8 Å². The van der Waals surface area contributed by atoms with Gasteiger partial charge in [-0.15, -0.1) is 0 Å². The summed E-state index contributed by atoms with van der Waals surface area (Å²) in [5, 5.41) is 12.6. The molecule has 0 spiro atoms. The summed E-state index contributed by atoms with van der Waals surface area (Å²) in [7, 11) is 0. The number of ether oxygens (including phenoxy) is 1. The summed E-state index contributed by atoms with van der Waals surface area (Å²) in [5.41, 5.74) is -0.495. The lowest BCUT2D eigenvalue weighted by Crippen LogP contribution is -2.50. The van der Waals surface area contributed by atoms with Gasteiger partial charge in [-0.2, -0.15) is 0 Å². The summed E-state index contributed by atoms with van der Waals surface area (Å²) in [6, 6.07) is 0. The number of hydrogen-bond donors (Lipinski definition) is 2. The van der Waals surface area contributed by atoms with E-state index < -0.39 is 11.5 Å². The van der Waals surface area contributed by atoms with E-state index in [2.05, 4.69) is 33.0 Å². The molecule has 0 aliphatic heterocycles. The first-order valence-electron chi connectivity index (χ1n) is 7.39. The molecule has 2 N–H and O–H groups in total. The van der Waals surface area contributed by atoms with Gasteiger partial charge in [-0.05, 0) is 37.6 Å². The molecular formula is C15H29NO3. The van der Waals surface area contributed by atoms with Crippen LogP contribution in [0.2, 0.25) is 0 Å². The van der Waals surface area contributed by atoms with E-state index in [1.165, 1.54) is 0 Å². The molecule has 0 heterocycles. The van der Waals surface area contributed by atoms with Gasteiger partial charge in [-0.1, -0.05) is 27.7 Å². The smallest absolute Gasteiger partial charge is 0.323 e. The third-order valence-corrected chi connectivity index (χ3v) is 3.80. The SMILES string of the molecule is CCCNC1(C(=O)O)CCC(OCCC(C)(C)C)C1. The van der Waals surface area contributed by atoms with Crippen LogP contribution in [0.3, 0.4) is 0 Å². The molecule has 0 aromatic carbocycles. The topological polar surface area (TPSA) is 58.6 Å². The first-order chi connectivity index (χ1) is 8.79. The quantitative estimate of drug-likeness (QED) is 0.747. The predicted octanol–water partition coefficient (Wildman–Crippen LogP) is 2.81. The number of rotatable bonds is 7. The van der Waals surface area contributed by atoms with Crippen LogP contribution in [0.5, 0.6) is 0 Å². The zero-order valence-electron chi connectivity index (χ0n) is 12.8. The normalized spacial score (nSPS) is 27.7. The second kappa shape index (κ2) is 6.71. The molecule has 2 atom stereocenters. The average molecular weight is 271 g/mol. The maximum absolute atomic E-state index is 11.5. The first kappa shape index (κ1) is 16.4. The lowest BCUT2D eigenvalue weighted by atomic mass is 9.93. The minimum Gasteiger partial charge on any atom is -0.480 e. The summed E-state index contributed by atoms with van der Waals surface area (Å²) in [6.45, 7) is 10.1. The van der Waals surface area contributed by atoms with Crippen LogP contribution in [0, 0.1) is 5.41 Å². The number of carbonyl (C=O) groups is 1. The van der Waals surface area contributed by atoms with Crippen molar-refractivity contribution in [3.05, 3.63) is 0 Å². The fourth-order valence-corrected chi connectivity index (χ4v) is 2.47. The third-order valence-electron chi connectivity index (χ3n) is 3.80. The highest BCUT2D eigenvalue weighted by atomic mass is 16.5. The van der Waals surface area contributed by atoms with Crippen molar-refractivity contribution in [1.82, 2.24) is 5.32 Å². The largest absolute Gasteiger partial charge is 0.480 e. The van der Waals surface area contributed by atoms with Crippen LogP contribution in [0.25, 0.3) is 0 Å². The van der Waals surface area contributed by atoms with Crippen molar-refractivity contribution in [2.24, 2.45) is 5.41 Å². The van der Waals surface area contributed by atoms with Gasteiger partial charge >= 0.3 is 5.97 Å². The van der Waals surface area contributed by atoms with E-state index >= 15 is 0 Å². The molecule has 112 valence electrons. The van der Waals surface area contributed by atoms with Crippen molar-refractivity contribution >= 4 is 5.97 Å². The maximum Gasteiger partial charge on any atom is 0.323 e. The molecule has 0 radical (unpaired) electrons. The van der Waals surface area contributed by atoms with Crippen molar-refractivity contribution in [2.75, 3.05) is 13.2 Å². The molecule has 0 amide bonds. The Labute approximate surface area is 116 Å². The Bertz CT molecular complexity index is 298. The number of aliphatic carboxylic acids is 1. The minimum atomic E-state index is -0.761. The molecule has 0 bridgehead atoms. The fourth-order valence-electron chi connectivity index (χ4n) is 2.47. The van der Waals surface area contributed by atoms with Crippen molar-refractivity contribution in [1.29, 1.82) is 0 Å². The van der Waals surface area contributed by atoms with Crippen LogP contribution in [0.15, 0.2) is 0 Å². The summed E-state index contributed by atoms with van der Waals surface area (Å²) >= 11 is 0. The van der Waals surface area contributed by atoms with Gasteiger partial charge in [0.25, 0.3) is 0 Å². The van der Waals surface area contributed by atoms with Gasteiger partial charge in [-0.3, -0.25) is 4.79 Å². The van der Waals surface area contributed by atoms with Crippen LogP contribution < -0.4 is 5.32 Å². The van der Waals surface area contributed by atoms with E-state index in [4.69, 9.17) is 4.74 Å². The predicted molar refractivity (Wildman–Crippen MR) is 76.3 cm³/mol. The Balaban J connectivity index is 2.43. The standard InChI is InChI=1S/C15H29NO3/c1-5-9-16-15(13(17)18)7-6-12(11-15)19-10-8-14(2,3)4/h12,16H,5-11H2,1-4H3,(H,17,18). The van der Waals surface area contributed by atoms with Gasteiger partial charge in [0.1, 0.15) is 5.54 Å². The molecule has 1 aliphatic carbocycles. The molecule has 4 heteroatoms. The van der Waals surface area contributed by atoms with E-state index in [9.17, 15) is 9.90 Å². The van der Waals surface area contributed by atoms with Crippen LogP contribution in [0.4, 0.5) is 0 Å². The summed E-state index contributed by atoms with van der Waals surface area (Å²) in [5.74, 6) is -0.733. The number of carboxylic acid groups (broad SMARTS) is 1. The van der Waals surface area contributed by atoms with E-state index in [1.807, 2.05) is 0 Å². The van der Waals surface area contributed by atoms with Crippen molar-refractivity contribution < 1.29 is 14.6 Å². The number of nitrogens with one attached hydrogen (secondary N) is 1. The highest BCUT2D eigenvalue weighted by Crippen LogP contribution is 2.33. The van der Waals surface area contributed by atoms with E-state index in [-0.39, 0.29) is 11.5 Å². The highest BCUT2D eigenvalue weighted by molar-refractivity contribution is 5.79. The van der Waals surface area contributed by atoms with E-state index in [1.54, 1.807) is 0 Å². The molecule has 19 heavy (non-hydrogen) atoms. The second-order valence-corrected chi connectivity index (χ2v) is 6.86. The molecule has 4 nitrogen and oxygen atoms in total. The lowest BCUT2D eigenvalue weighted by Gasteiger charge is -2.26. The van der Waals surface area contributed by atoms with Gasteiger partial charge in [0, 0.05) is 13.0 Å². The van der Waals surface area contributed by atoms with Crippen LogP contribution in [0.1, 0.15) is 59.8 Å². The molecule has 1 rings (SSSR count). The van der Waals surface area contributed by atoms with Gasteiger partial charge in [0.15, 0.2) is 0 Å². The summed E-state index contributed by atoms with van der Waals surface area (Å²) in [6.07, 6.45) is 4.14. The van der Waals surface area contributed by atoms with Crippen molar-refractivity contribution in [2.45, 2.75) is 71.4 Å². The van der Waals surface area contributed by atoms with Gasteiger partial charge in [-0.25, -0.2) is 0 Å². The van der Waals surface area contributed by atoms with Crippen molar-refractivity contribution in [3.63, 3.8) is 0 Å². The fraction of sp³-hybridized carbons (Fsp3) is 0.933. The Hall–Kier alpha value is -0.610. The lowest BCUT2D eigenvalue weighted by molar-refractivity contribution is -0.145. The Morgan fingerprint density at radius 2 is 2.16 bits per heavy atom. The van der Waals surface area contributed by atoms with Crippen LogP contribution in [-0.2, 0) is 9.53 Å². The zero-order valence-corrected chi connectivity index (χ0v) is 12.8. The molecular weight excluding hydrogens is 242 g/mol. The van der Waals surface area contributed by atoms with Gasteiger partial charge in [0.05, 0.1) is 6.10 Å². The number of carboxylic acids is 1. The monoisotopic (exact) mass is 271 g/mol. The molecule has 0 aromatic heterocycles. The van der Waals surface area contributed by atoms with Gasteiger partial charge < -0.3 is 15.2 Å². The minimum absolute atomic E-state index is 0.0859. The Morgan fingerprint density at radius 3 is 2.68 bits per heavy atom. The zero-order chi connectivity index (χ0) is 14.5. The molecule has 1 aliphatic rings.